The average molecular weight is 267 g/mol. The summed E-state index contributed by atoms with van der Waals surface area (Å²) in [5.41, 5.74) is 0.600. The van der Waals surface area contributed by atoms with Crippen molar-refractivity contribution in [1.29, 1.82) is 0 Å². The van der Waals surface area contributed by atoms with Crippen LogP contribution in [0.4, 0.5) is 0 Å². The molecule has 6 heteroatoms. The zero-order chi connectivity index (χ0) is 13.9. The minimum Gasteiger partial charge on any atom is -0.478 e. The van der Waals surface area contributed by atoms with Crippen LogP contribution >= 0.6 is 0 Å². The highest BCUT2D eigenvalue weighted by atomic mass is 16.4. The summed E-state index contributed by atoms with van der Waals surface area (Å²) in [6.07, 6.45) is 6.64. The predicted molar refractivity (Wildman–Crippen MR) is 69.9 cm³/mol. The second-order valence-electron chi connectivity index (χ2n) is 5.29. The van der Waals surface area contributed by atoms with E-state index in [1.54, 1.807) is 11.7 Å². The minimum absolute atomic E-state index is 0.0905. The largest absolute Gasteiger partial charge is 0.478 e. The monoisotopic (exact) mass is 267 g/mol. The molecular weight excluding hydrogens is 246 g/mol. The summed E-state index contributed by atoms with van der Waals surface area (Å²) in [5.74, 6) is -0.966. The molecule has 3 N–H and O–H groups in total. The number of carboxylic acid groups (broad SMARTS) is 1. The zero-order valence-electron chi connectivity index (χ0n) is 11.2. The number of nitrogens with one attached hydrogen (secondary N) is 1. The fraction of sp³-hybridized carbons (Fsp3) is 0.692. The first-order valence-electron chi connectivity index (χ1n) is 6.68. The van der Waals surface area contributed by atoms with Crippen molar-refractivity contribution in [3.05, 3.63) is 17.5 Å². The first-order valence-corrected chi connectivity index (χ1v) is 6.68. The standard InChI is InChI=1S/C13H21N3O3/c1-16-11(10(7-15-16)12(18)19)8-14-13(9-17)5-3-2-4-6-13/h7,14,17H,2-6,8-9H2,1H3,(H,18,19). The SMILES string of the molecule is Cn1ncc(C(=O)O)c1CNC1(CO)CCCCC1. The molecule has 1 fully saturated rings. The Labute approximate surface area is 112 Å². The molecule has 0 amide bonds. The highest BCUT2D eigenvalue weighted by Gasteiger charge is 2.31. The smallest absolute Gasteiger partial charge is 0.339 e. The molecule has 0 atom stereocenters. The summed E-state index contributed by atoms with van der Waals surface area (Å²) in [4.78, 5) is 11.1. The van der Waals surface area contributed by atoms with Crippen LogP contribution in [0.2, 0.25) is 0 Å². The van der Waals surface area contributed by atoms with Crippen LogP contribution in [0, 0.1) is 0 Å². The molecule has 1 aromatic heterocycles. The van der Waals surface area contributed by atoms with E-state index in [2.05, 4.69) is 10.4 Å². The molecule has 1 heterocycles. The van der Waals surface area contributed by atoms with Gasteiger partial charge in [0.2, 0.25) is 0 Å². The number of aryl methyl sites for hydroxylation is 1. The second-order valence-corrected chi connectivity index (χ2v) is 5.29. The topological polar surface area (TPSA) is 87.4 Å². The van der Waals surface area contributed by atoms with E-state index in [-0.39, 0.29) is 17.7 Å². The molecule has 2 rings (SSSR count). The molecule has 0 aliphatic heterocycles. The Hall–Kier alpha value is -1.40. The van der Waals surface area contributed by atoms with E-state index in [0.717, 1.165) is 25.7 Å². The normalized spacial score (nSPS) is 18.4. The van der Waals surface area contributed by atoms with Gasteiger partial charge in [-0.15, -0.1) is 0 Å². The van der Waals surface area contributed by atoms with Crippen molar-refractivity contribution in [3.8, 4) is 0 Å². The zero-order valence-corrected chi connectivity index (χ0v) is 11.2. The van der Waals surface area contributed by atoms with Gasteiger partial charge in [0.25, 0.3) is 0 Å². The third kappa shape index (κ3) is 2.96. The lowest BCUT2D eigenvalue weighted by Crippen LogP contribution is -2.49. The van der Waals surface area contributed by atoms with Gasteiger partial charge in [0.15, 0.2) is 0 Å². The van der Waals surface area contributed by atoms with Crippen LogP contribution in [-0.4, -0.2) is 38.1 Å². The van der Waals surface area contributed by atoms with Crippen LogP contribution in [0.3, 0.4) is 0 Å². The molecule has 1 aliphatic rings. The number of aliphatic hydroxyl groups excluding tert-OH is 1. The van der Waals surface area contributed by atoms with Crippen LogP contribution in [0.1, 0.15) is 48.2 Å². The first kappa shape index (κ1) is 14.0. The maximum atomic E-state index is 11.1. The minimum atomic E-state index is -0.966. The summed E-state index contributed by atoms with van der Waals surface area (Å²) in [5, 5.41) is 26.1. The van der Waals surface area contributed by atoms with Gasteiger partial charge in [0.05, 0.1) is 18.5 Å². The second kappa shape index (κ2) is 5.71. The van der Waals surface area contributed by atoms with Crippen molar-refractivity contribution in [3.63, 3.8) is 0 Å². The lowest BCUT2D eigenvalue weighted by molar-refractivity contribution is 0.0694. The maximum absolute atomic E-state index is 11.1. The van der Waals surface area contributed by atoms with Crippen molar-refractivity contribution in [2.75, 3.05) is 6.61 Å². The summed E-state index contributed by atoms with van der Waals surface area (Å²) >= 11 is 0. The lowest BCUT2D eigenvalue weighted by atomic mass is 9.82. The lowest BCUT2D eigenvalue weighted by Gasteiger charge is -2.36. The number of nitrogens with zero attached hydrogens (tertiary/aromatic N) is 2. The molecular formula is C13H21N3O3. The number of aliphatic hydroxyl groups is 1. The van der Waals surface area contributed by atoms with E-state index in [0.29, 0.717) is 12.2 Å². The number of rotatable bonds is 5. The van der Waals surface area contributed by atoms with Gasteiger partial charge in [-0.05, 0) is 12.8 Å². The quantitative estimate of drug-likeness (QED) is 0.738. The fourth-order valence-electron chi connectivity index (χ4n) is 2.74. The van der Waals surface area contributed by atoms with Gasteiger partial charge < -0.3 is 15.5 Å². The molecule has 6 nitrogen and oxygen atoms in total. The fourth-order valence-corrected chi connectivity index (χ4v) is 2.74. The van der Waals surface area contributed by atoms with Gasteiger partial charge in [-0.3, -0.25) is 4.68 Å². The molecule has 0 spiro atoms. The van der Waals surface area contributed by atoms with E-state index < -0.39 is 5.97 Å². The summed E-state index contributed by atoms with van der Waals surface area (Å²) in [6, 6.07) is 0. The van der Waals surface area contributed by atoms with E-state index in [9.17, 15) is 9.90 Å². The summed E-state index contributed by atoms with van der Waals surface area (Å²) < 4.78 is 1.57. The molecule has 1 saturated carbocycles. The summed E-state index contributed by atoms with van der Waals surface area (Å²) in [6.45, 7) is 0.506. The van der Waals surface area contributed by atoms with E-state index in [1.807, 2.05) is 0 Å². The van der Waals surface area contributed by atoms with Crippen molar-refractivity contribution in [1.82, 2.24) is 15.1 Å². The van der Waals surface area contributed by atoms with Crippen LogP contribution in [0.25, 0.3) is 0 Å². The van der Waals surface area contributed by atoms with E-state index in [1.165, 1.54) is 12.6 Å². The molecule has 19 heavy (non-hydrogen) atoms. The Kier molecular flexibility index (Phi) is 4.21. The van der Waals surface area contributed by atoms with Crippen molar-refractivity contribution in [2.45, 2.75) is 44.2 Å². The van der Waals surface area contributed by atoms with Crippen LogP contribution < -0.4 is 5.32 Å². The van der Waals surface area contributed by atoms with Gasteiger partial charge in [0.1, 0.15) is 5.56 Å². The Bertz CT molecular complexity index is 450. The maximum Gasteiger partial charge on any atom is 0.339 e. The molecule has 106 valence electrons. The molecule has 0 aromatic carbocycles. The van der Waals surface area contributed by atoms with Crippen LogP contribution in [0.5, 0.6) is 0 Å². The molecule has 0 bridgehead atoms. The van der Waals surface area contributed by atoms with Crippen LogP contribution in [-0.2, 0) is 13.6 Å². The van der Waals surface area contributed by atoms with E-state index in [4.69, 9.17) is 5.11 Å². The highest BCUT2D eigenvalue weighted by molar-refractivity contribution is 5.88. The van der Waals surface area contributed by atoms with Gasteiger partial charge in [-0.2, -0.15) is 5.10 Å². The number of hydrogen-bond donors (Lipinski definition) is 3. The highest BCUT2D eigenvalue weighted by Crippen LogP contribution is 2.28. The first-order chi connectivity index (χ1) is 9.08. The number of hydrogen-bond acceptors (Lipinski definition) is 4. The number of carbonyl (C=O) groups is 1. The molecule has 1 aromatic rings. The average Bonchev–Trinajstić information content (AvgIpc) is 2.79. The molecule has 0 saturated heterocycles. The van der Waals surface area contributed by atoms with Crippen LogP contribution in [0.15, 0.2) is 6.20 Å². The van der Waals surface area contributed by atoms with E-state index >= 15 is 0 Å². The van der Waals surface area contributed by atoms with Gasteiger partial charge in [0, 0.05) is 19.1 Å². The molecule has 0 unspecified atom stereocenters. The molecule has 0 radical (unpaired) electrons. The number of aromatic carboxylic acids is 1. The Morgan fingerprint density at radius 3 is 2.74 bits per heavy atom. The Morgan fingerprint density at radius 2 is 2.16 bits per heavy atom. The number of aromatic nitrogens is 2. The number of carboxylic acids is 1. The van der Waals surface area contributed by atoms with Gasteiger partial charge in [-0.25, -0.2) is 4.79 Å². The summed E-state index contributed by atoms with van der Waals surface area (Å²) in [7, 11) is 1.73. The van der Waals surface area contributed by atoms with Crippen molar-refractivity contribution < 1.29 is 15.0 Å². The van der Waals surface area contributed by atoms with Crippen molar-refractivity contribution in [2.24, 2.45) is 7.05 Å². The third-order valence-corrected chi connectivity index (χ3v) is 4.04. The van der Waals surface area contributed by atoms with Crippen molar-refractivity contribution >= 4 is 5.97 Å². The Balaban J connectivity index is 2.09. The predicted octanol–water partition coefficient (Wildman–Crippen LogP) is 0.903. The van der Waals surface area contributed by atoms with Gasteiger partial charge >= 0.3 is 5.97 Å². The molecule has 1 aliphatic carbocycles. The van der Waals surface area contributed by atoms with Gasteiger partial charge in [-0.1, -0.05) is 19.3 Å². The third-order valence-electron chi connectivity index (χ3n) is 4.04. The Morgan fingerprint density at radius 1 is 1.47 bits per heavy atom.